The van der Waals surface area contributed by atoms with E-state index in [4.69, 9.17) is 5.26 Å². The Hall–Kier alpha value is -1.02. The van der Waals surface area contributed by atoms with Crippen molar-refractivity contribution in [3.63, 3.8) is 0 Å². The van der Waals surface area contributed by atoms with Crippen molar-refractivity contribution >= 4 is 15.9 Å². The zero-order valence-electron chi connectivity index (χ0n) is 5.76. The van der Waals surface area contributed by atoms with Gasteiger partial charge in [-0.2, -0.15) is 5.26 Å². The van der Waals surface area contributed by atoms with Crippen molar-refractivity contribution < 1.29 is 8.78 Å². The first-order valence-electron chi connectivity index (χ1n) is 2.99. The highest BCUT2D eigenvalue weighted by Gasteiger charge is 2.12. The zero-order valence-corrected chi connectivity index (χ0v) is 7.35. The maximum Gasteiger partial charge on any atom is 0.266 e. The number of nitrogens with zero attached hydrogens (tertiary/aromatic N) is 2. The van der Waals surface area contributed by atoms with Crippen molar-refractivity contribution in [3.05, 3.63) is 28.0 Å². The fraction of sp³-hybridized carbons (Fsp3) is 0.143. The smallest absolute Gasteiger partial charge is 0.245 e. The molecule has 62 valence electrons. The largest absolute Gasteiger partial charge is 0.266 e. The number of aromatic nitrogens is 1. The lowest BCUT2D eigenvalue weighted by Crippen LogP contribution is -1.90. The second-order valence-corrected chi connectivity index (χ2v) is 2.86. The van der Waals surface area contributed by atoms with E-state index in [-0.39, 0.29) is 15.7 Å². The van der Waals surface area contributed by atoms with Crippen molar-refractivity contribution in [1.29, 1.82) is 5.26 Å². The van der Waals surface area contributed by atoms with Gasteiger partial charge in [0.2, 0.25) is 0 Å². The summed E-state index contributed by atoms with van der Waals surface area (Å²) in [5, 5.41) is 8.37. The highest BCUT2D eigenvalue weighted by Crippen LogP contribution is 2.26. The minimum Gasteiger partial charge on any atom is -0.245 e. The number of rotatable bonds is 1. The Labute approximate surface area is 76.0 Å². The first kappa shape index (κ1) is 9.07. The fourth-order valence-electron chi connectivity index (χ4n) is 0.663. The number of nitriles is 1. The fourth-order valence-corrected chi connectivity index (χ4v) is 1.16. The highest BCUT2D eigenvalue weighted by atomic mass is 79.9. The normalized spacial score (nSPS) is 9.92. The molecule has 0 fully saturated rings. The molecule has 1 heterocycles. The number of hydrogen-bond donors (Lipinski definition) is 0. The minimum absolute atomic E-state index is 0.117. The Morgan fingerprint density at radius 2 is 2.25 bits per heavy atom. The van der Waals surface area contributed by atoms with Crippen molar-refractivity contribution in [2.45, 2.75) is 6.43 Å². The zero-order chi connectivity index (χ0) is 9.14. The third-order valence-electron chi connectivity index (χ3n) is 1.23. The molecule has 0 saturated heterocycles. The Morgan fingerprint density at radius 1 is 1.58 bits per heavy atom. The van der Waals surface area contributed by atoms with Crippen LogP contribution in [0.25, 0.3) is 0 Å². The van der Waals surface area contributed by atoms with Gasteiger partial charge in [0.05, 0.1) is 5.56 Å². The van der Waals surface area contributed by atoms with E-state index in [1.54, 1.807) is 6.07 Å². The van der Waals surface area contributed by atoms with Crippen LogP contribution in [0.3, 0.4) is 0 Å². The number of halogens is 3. The van der Waals surface area contributed by atoms with Crippen LogP contribution in [0.15, 0.2) is 16.7 Å². The molecule has 5 heteroatoms. The number of alkyl halides is 2. The number of hydrogen-bond acceptors (Lipinski definition) is 2. The van der Waals surface area contributed by atoms with Crippen molar-refractivity contribution in [1.82, 2.24) is 4.98 Å². The van der Waals surface area contributed by atoms with Gasteiger partial charge in [-0.3, -0.25) is 0 Å². The highest BCUT2D eigenvalue weighted by molar-refractivity contribution is 9.10. The molecule has 0 N–H and O–H groups in total. The Kier molecular flexibility index (Phi) is 2.71. The maximum absolute atomic E-state index is 12.1. The summed E-state index contributed by atoms with van der Waals surface area (Å²) in [6.45, 7) is 0. The van der Waals surface area contributed by atoms with Gasteiger partial charge in [-0.15, -0.1) is 0 Å². The molecule has 2 nitrogen and oxygen atoms in total. The molecule has 1 aromatic rings. The van der Waals surface area contributed by atoms with Crippen LogP contribution >= 0.6 is 15.9 Å². The Balaban J connectivity index is 3.14. The summed E-state index contributed by atoms with van der Waals surface area (Å²) in [6, 6.07) is 3.01. The molecule has 1 aromatic heterocycles. The quantitative estimate of drug-likeness (QED) is 0.747. The molecule has 0 amide bonds. The second kappa shape index (κ2) is 3.59. The lowest BCUT2D eigenvalue weighted by molar-refractivity contribution is 0.150. The van der Waals surface area contributed by atoms with Crippen LogP contribution in [0, 0.1) is 11.3 Å². The van der Waals surface area contributed by atoms with Gasteiger partial charge >= 0.3 is 0 Å². The van der Waals surface area contributed by atoms with Crippen LogP contribution in [-0.4, -0.2) is 4.98 Å². The summed E-state index contributed by atoms with van der Waals surface area (Å²) in [7, 11) is 0. The van der Waals surface area contributed by atoms with Gasteiger partial charge in [-0.1, -0.05) is 15.9 Å². The second-order valence-electron chi connectivity index (χ2n) is 2.00. The molecule has 0 aliphatic rings. The first-order chi connectivity index (χ1) is 5.65. The van der Waals surface area contributed by atoms with Gasteiger partial charge in [-0.05, 0) is 6.07 Å². The van der Waals surface area contributed by atoms with Crippen LogP contribution in [0.4, 0.5) is 8.78 Å². The lowest BCUT2D eigenvalue weighted by Gasteiger charge is -2.00. The van der Waals surface area contributed by atoms with E-state index in [1.165, 1.54) is 6.07 Å². The van der Waals surface area contributed by atoms with Crippen LogP contribution in [0.5, 0.6) is 0 Å². The van der Waals surface area contributed by atoms with E-state index in [0.29, 0.717) is 0 Å². The van der Waals surface area contributed by atoms with Crippen molar-refractivity contribution in [3.8, 4) is 6.07 Å². The molecule has 0 aliphatic carbocycles. The van der Waals surface area contributed by atoms with Gasteiger partial charge in [-0.25, -0.2) is 13.8 Å². The van der Waals surface area contributed by atoms with Gasteiger partial charge < -0.3 is 0 Å². The van der Waals surface area contributed by atoms with E-state index >= 15 is 0 Å². The molecular weight excluding hydrogens is 230 g/mol. The summed E-state index contributed by atoms with van der Waals surface area (Å²) in [4.78, 5) is 3.51. The minimum atomic E-state index is -2.57. The lowest BCUT2D eigenvalue weighted by atomic mass is 10.2. The van der Waals surface area contributed by atoms with Crippen molar-refractivity contribution in [2.75, 3.05) is 0 Å². The van der Waals surface area contributed by atoms with Crippen LogP contribution in [0.1, 0.15) is 17.7 Å². The predicted molar refractivity (Wildman–Crippen MR) is 41.6 cm³/mol. The summed E-state index contributed by atoms with van der Waals surface area (Å²) in [5.74, 6) is 0. The van der Waals surface area contributed by atoms with Crippen LogP contribution in [-0.2, 0) is 0 Å². The predicted octanol–water partition coefficient (Wildman–Crippen LogP) is 2.65. The van der Waals surface area contributed by atoms with Gasteiger partial charge in [0.25, 0.3) is 6.43 Å². The molecule has 0 spiro atoms. The van der Waals surface area contributed by atoms with Crippen LogP contribution < -0.4 is 0 Å². The molecule has 0 radical (unpaired) electrons. The maximum atomic E-state index is 12.1. The topological polar surface area (TPSA) is 36.7 Å². The summed E-state index contributed by atoms with van der Waals surface area (Å²) in [5.41, 5.74) is -0.0831. The average molecular weight is 233 g/mol. The molecular formula is C7H3BrF2N2. The average Bonchev–Trinajstić information content (AvgIpc) is 2.03. The van der Waals surface area contributed by atoms with Gasteiger partial charge in [0.15, 0.2) is 0 Å². The monoisotopic (exact) mass is 232 g/mol. The Morgan fingerprint density at radius 3 is 2.67 bits per heavy atom. The van der Waals surface area contributed by atoms with Gasteiger partial charge in [0.1, 0.15) is 11.8 Å². The third kappa shape index (κ3) is 1.77. The molecule has 0 atom stereocenters. The summed E-state index contributed by atoms with van der Waals surface area (Å²) in [6.07, 6.45) is -1.58. The number of pyridine rings is 1. The third-order valence-corrected chi connectivity index (χ3v) is 1.92. The Bertz CT molecular complexity index is 333. The van der Waals surface area contributed by atoms with Crippen molar-refractivity contribution in [2.24, 2.45) is 0 Å². The van der Waals surface area contributed by atoms with E-state index in [2.05, 4.69) is 20.9 Å². The molecule has 0 bridgehead atoms. The summed E-state index contributed by atoms with van der Waals surface area (Å²) >= 11 is 2.92. The molecule has 0 aliphatic heterocycles. The molecule has 12 heavy (non-hydrogen) atoms. The molecule has 0 saturated carbocycles. The first-order valence-corrected chi connectivity index (χ1v) is 3.78. The standard InChI is InChI=1S/C7H3BrF2N2/c8-6-1-4(2-11)12-3-5(6)7(9)10/h1,3,7H. The van der Waals surface area contributed by atoms with E-state index < -0.39 is 6.43 Å². The molecule has 0 unspecified atom stereocenters. The van der Waals surface area contributed by atoms with E-state index in [1.807, 2.05) is 0 Å². The van der Waals surface area contributed by atoms with Crippen LogP contribution in [0.2, 0.25) is 0 Å². The molecule has 1 rings (SSSR count). The van der Waals surface area contributed by atoms with E-state index in [9.17, 15) is 8.78 Å². The van der Waals surface area contributed by atoms with E-state index in [0.717, 1.165) is 6.20 Å². The van der Waals surface area contributed by atoms with Gasteiger partial charge in [0, 0.05) is 10.7 Å². The summed E-state index contributed by atoms with van der Waals surface area (Å²) < 4.78 is 24.4. The molecule has 0 aromatic carbocycles. The SMILES string of the molecule is N#Cc1cc(Br)c(C(F)F)cn1.